The summed E-state index contributed by atoms with van der Waals surface area (Å²) in [4.78, 5) is 20.9. The summed E-state index contributed by atoms with van der Waals surface area (Å²) < 4.78 is 15.9. The second kappa shape index (κ2) is 8.92. The number of carbonyl (C=O) groups excluding carboxylic acids is 1. The number of methoxy groups -OCH3 is 3. The Morgan fingerprint density at radius 2 is 1.59 bits per heavy atom. The van der Waals surface area contributed by atoms with Gasteiger partial charge >= 0.3 is 0 Å². The number of nitrogens with one attached hydrogen (secondary N) is 2. The number of carbonyl (C=O) groups is 1. The molecule has 0 unspecified atom stereocenters. The number of hydrogen-bond donors (Lipinski definition) is 2. The molecule has 1 amide bonds. The van der Waals surface area contributed by atoms with Gasteiger partial charge in [-0.05, 0) is 36.8 Å². The van der Waals surface area contributed by atoms with Crippen LogP contribution in [0.1, 0.15) is 16.1 Å². The normalized spacial score (nSPS) is 10.2. The fourth-order valence-corrected chi connectivity index (χ4v) is 2.71. The van der Waals surface area contributed by atoms with E-state index < -0.39 is 0 Å². The summed E-state index contributed by atoms with van der Waals surface area (Å²) in [6.45, 7) is 1.93. The van der Waals surface area contributed by atoms with Crippen LogP contribution in [-0.4, -0.2) is 37.2 Å². The summed E-state index contributed by atoms with van der Waals surface area (Å²) in [6, 6.07) is 12.4. The first-order chi connectivity index (χ1) is 14.0. The van der Waals surface area contributed by atoms with Crippen LogP contribution in [0, 0.1) is 6.92 Å². The molecule has 8 nitrogen and oxygen atoms in total. The van der Waals surface area contributed by atoms with E-state index in [-0.39, 0.29) is 11.6 Å². The van der Waals surface area contributed by atoms with Crippen LogP contribution in [-0.2, 0) is 0 Å². The molecule has 29 heavy (non-hydrogen) atoms. The van der Waals surface area contributed by atoms with Crippen LogP contribution in [0.3, 0.4) is 0 Å². The van der Waals surface area contributed by atoms with Gasteiger partial charge in [0.25, 0.3) is 5.91 Å². The highest BCUT2D eigenvalue weighted by molar-refractivity contribution is 6.04. The zero-order valence-electron chi connectivity index (χ0n) is 16.6. The van der Waals surface area contributed by atoms with Crippen molar-refractivity contribution in [1.82, 2.24) is 9.97 Å². The summed E-state index contributed by atoms with van der Waals surface area (Å²) in [7, 11) is 4.70. The Balaban J connectivity index is 1.83. The van der Waals surface area contributed by atoms with Crippen molar-refractivity contribution in [3.05, 3.63) is 60.0 Å². The van der Waals surface area contributed by atoms with Crippen molar-refractivity contribution in [3.63, 3.8) is 0 Å². The van der Waals surface area contributed by atoms with E-state index in [0.29, 0.717) is 34.4 Å². The fraction of sp³-hybridized carbons (Fsp3) is 0.190. The highest BCUT2D eigenvalue weighted by Gasteiger charge is 2.13. The summed E-state index contributed by atoms with van der Waals surface area (Å²) in [5.41, 5.74) is 2.42. The third-order valence-corrected chi connectivity index (χ3v) is 4.17. The van der Waals surface area contributed by atoms with Crippen LogP contribution < -0.4 is 24.8 Å². The SMILES string of the molecule is COc1ccc(OC)c(Nc2cc(C(=O)Nc3cc(C)ccc3OC)ncn2)c1. The van der Waals surface area contributed by atoms with E-state index in [1.165, 1.54) is 6.33 Å². The molecule has 0 saturated heterocycles. The topological polar surface area (TPSA) is 94.6 Å². The maximum Gasteiger partial charge on any atom is 0.274 e. The molecule has 0 aliphatic carbocycles. The minimum atomic E-state index is -0.378. The van der Waals surface area contributed by atoms with Crippen molar-refractivity contribution < 1.29 is 19.0 Å². The molecule has 3 aromatic rings. The van der Waals surface area contributed by atoms with Gasteiger partial charge in [0.1, 0.15) is 35.1 Å². The average molecular weight is 394 g/mol. The molecule has 0 atom stereocenters. The molecule has 0 aliphatic rings. The molecule has 2 aromatic carbocycles. The lowest BCUT2D eigenvalue weighted by Crippen LogP contribution is -2.15. The zero-order valence-corrected chi connectivity index (χ0v) is 16.6. The Morgan fingerprint density at radius 1 is 0.862 bits per heavy atom. The van der Waals surface area contributed by atoms with Gasteiger partial charge in [-0.15, -0.1) is 0 Å². The van der Waals surface area contributed by atoms with Gasteiger partial charge in [0, 0.05) is 12.1 Å². The number of ether oxygens (including phenoxy) is 3. The monoisotopic (exact) mass is 394 g/mol. The molecular formula is C21H22N4O4. The van der Waals surface area contributed by atoms with Crippen LogP contribution in [0.25, 0.3) is 0 Å². The first kappa shape index (κ1) is 19.9. The second-order valence-electron chi connectivity index (χ2n) is 6.14. The zero-order chi connectivity index (χ0) is 20.8. The van der Waals surface area contributed by atoms with Crippen molar-refractivity contribution >= 4 is 23.1 Å². The maximum atomic E-state index is 12.7. The highest BCUT2D eigenvalue weighted by Crippen LogP contribution is 2.31. The molecule has 0 radical (unpaired) electrons. The van der Waals surface area contributed by atoms with E-state index in [0.717, 1.165) is 5.56 Å². The van der Waals surface area contributed by atoms with Gasteiger partial charge in [0.05, 0.1) is 32.7 Å². The summed E-state index contributed by atoms with van der Waals surface area (Å²) >= 11 is 0. The molecule has 2 N–H and O–H groups in total. The first-order valence-corrected chi connectivity index (χ1v) is 8.81. The van der Waals surface area contributed by atoms with Gasteiger partial charge in [0.2, 0.25) is 0 Å². The molecule has 1 heterocycles. The number of rotatable bonds is 7. The first-order valence-electron chi connectivity index (χ1n) is 8.81. The van der Waals surface area contributed by atoms with Crippen molar-refractivity contribution in [2.24, 2.45) is 0 Å². The van der Waals surface area contributed by atoms with E-state index in [1.54, 1.807) is 51.7 Å². The quantitative estimate of drug-likeness (QED) is 0.629. The van der Waals surface area contributed by atoms with Crippen molar-refractivity contribution in [2.45, 2.75) is 6.92 Å². The predicted octanol–water partition coefficient (Wildman–Crippen LogP) is 3.81. The van der Waals surface area contributed by atoms with Gasteiger partial charge in [-0.1, -0.05) is 6.07 Å². The van der Waals surface area contributed by atoms with E-state index in [2.05, 4.69) is 20.6 Å². The largest absolute Gasteiger partial charge is 0.497 e. The number of aromatic nitrogens is 2. The molecular weight excluding hydrogens is 372 g/mol. The molecule has 0 spiro atoms. The Morgan fingerprint density at radius 3 is 2.31 bits per heavy atom. The maximum absolute atomic E-state index is 12.7. The molecule has 3 rings (SSSR count). The summed E-state index contributed by atoms with van der Waals surface area (Å²) in [6.07, 6.45) is 1.32. The number of benzene rings is 2. The Hall–Kier alpha value is -3.81. The smallest absolute Gasteiger partial charge is 0.274 e. The van der Waals surface area contributed by atoms with E-state index >= 15 is 0 Å². The molecule has 0 aliphatic heterocycles. The van der Waals surface area contributed by atoms with Gasteiger partial charge in [0.15, 0.2) is 0 Å². The van der Waals surface area contributed by atoms with Gasteiger partial charge < -0.3 is 24.8 Å². The standard InChI is InChI=1S/C21H22N4O4/c1-13-5-7-18(28-3)15(9-13)25-21(26)17-11-20(23-12-22-17)24-16-10-14(27-2)6-8-19(16)29-4/h5-12H,1-4H3,(H,25,26)(H,22,23,24). The van der Waals surface area contributed by atoms with Gasteiger partial charge in [-0.3, -0.25) is 4.79 Å². The molecule has 8 heteroatoms. The van der Waals surface area contributed by atoms with Crippen LogP contribution in [0.5, 0.6) is 17.2 Å². The highest BCUT2D eigenvalue weighted by atomic mass is 16.5. The third-order valence-electron chi connectivity index (χ3n) is 4.17. The molecule has 150 valence electrons. The van der Waals surface area contributed by atoms with Crippen molar-refractivity contribution in [1.29, 1.82) is 0 Å². The Labute approximate surface area is 168 Å². The molecule has 0 fully saturated rings. The lowest BCUT2D eigenvalue weighted by molar-refractivity contribution is 0.102. The molecule has 0 bridgehead atoms. The lowest BCUT2D eigenvalue weighted by Gasteiger charge is -2.13. The number of hydrogen-bond acceptors (Lipinski definition) is 7. The van der Waals surface area contributed by atoms with Gasteiger partial charge in [-0.2, -0.15) is 0 Å². The minimum absolute atomic E-state index is 0.202. The number of anilines is 3. The van der Waals surface area contributed by atoms with E-state index in [4.69, 9.17) is 14.2 Å². The number of amides is 1. The third kappa shape index (κ3) is 4.73. The Kier molecular flexibility index (Phi) is 6.13. The van der Waals surface area contributed by atoms with Crippen LogP contribution in [0.15, 0.2) is 48.8 Å². The van der Waals surface area contributed by atoms with Crippen LogP contribution >= 0.6 is 0 Å². The van der Waals surface area contributed by atoms with Crippen molar-refractivity contribution in [2.75, 3.05) is 32.0 Å². The van der Waals surface area contributed by atoms with Gasteiger partial charge in [-0.25, -0.2) is 9.97 Å². The second-order valence-corrected chi connectivity index (χ2v) is 6.14. The molecule has 0 saturated carbocycles. The van der Waals surface area contributed by atoms with Crippen LogP contribution in [0.2, 0.25) is 0 Å². The predicted molar refractivity (Wildman–Crippen MR) is 111 cm³/mol. The summed E-state index contributed by atoms with van der Waals surface area (Å²) in [5, 5.41) is 5.95. The number of aryl methyl sites for hydroxylation is 1. The van der Waals surface area contributed by atoms with E-state index in [1.807, 2.05) is 19.1 Å². The minimum Gasteiger partial charge on any atom is -0.497 e. The summed E-state index contributed by atoms with van der Waals surface area (Å²) in [5.74, 6) is 1.90. The van der Waals surface area contributed by atoms with E-state index in [9.17, 15) is 4.79 Å². The molecule has 1 aromatic heterocycles. The Bertz CT molecular complexity index is 1020. The average Bonchev–Trinajstić information content (AvgIpc) is 2.74. The number of nitrogens with zero attached hydrogens (tertiary/aromatic N) is 2. The van der Waals surface area contributed by atoms with Crippen molar-refractivity contribution in [3.8, 4) is 17.2 Å². The van der Waals surface area contributed by atoms with Crippen LogP contribution in [0.4, 0.5) is 17.2 Å². The fourth-order valence-electron chi connectivity index (χ4n) is 2.71. The lowest BCUT2D eigenvalue weighted by atomic mass is 10.2.